The number of nitrogens with zero attached hydrogens (tertiary/aromatic N) is 4. The van der Waals surface area contributed by atoms with Gasteiger partial charge >= 0.3 is 5.97 Å². The molecule has 0 bridgehead atoms. The first-order valence-corrected chi connectivity index (χ1v) is 6.20. The predicted molar refractivity (Wildman–Crippen MR) is 73.3 cm³/mol. The summed E-state index contributed by atoms with van der Waals surface area (Å²) in [6.07, 6.45) is 1.28. The number of aliphatic carboxylic acids is 1. The predicted octanol–water partition coefficient (Wildman–Crippen LogP) is 0.692. The quantitative estimate of drug-likeness (QED) is 0.732. The second-order valence-corrected chi connectivity index (χ2v) is 4.56. The van der Waals surface area contributed by atoms with Crippen LogP contribution in [-0.4, -0.2) is 36.0 Å². The number of nitrogens with one attached hydrogen (secondary N) is 1. The van der Waals surface area contributed by atoms with Crippen molar-refractivity contribution in [3.8, 4) is 5.69 Å². The number of hydrogen-bond acceptors (Lipinski definition) is 5. The number of carboxylic acids is 1. The Morgan fingerprint density at radius 3 is 2.71 bits per heavy atom. The molecule has 0 radical (unpaired) electrons. The van der Waals surface area contributed by atoms with E-state index in [-0.39, 0.29) is 11.1 Å². The van der Waals surface area contributed by atoms with Gasteiger partial charge in [0.15, 0.2) is 11.2 Å². The summed E-state index contributed by atoms with van der Waals surface area (Å²) in [5.74, 6) is -1.48. The average Bonchev–Trinajstić information content (AvgIpc) is 2.92. The summed E-state index contributed by atoms with van der Waals surface area (Å²) in [5.41, 5.74) is 1.47. The van der Waals surface area contributed by atoms with Crippen molar-refractivity contribution in [1.82, 2.24) is 25.0 Å². The molecule has 0 amide bonds. The van der Waals surface area contributed by atoms with Crippen molar-refractivity contribution in [3.05, 3.63) is 46.5 Å². The van der Waals surface area contributed by atoms with E-state index in [1.807, 2.05) is 0 Å². The smallest absolute Gasteiger partial charge is 0.310 e. The maximum absolute atomic E-state index is 11.6. The summed E-state index contributed by atoms with van der Waals surface area (Å²) in [4.78, 5) is 29.0. The van der Waals surface area contributed by atoms with Crippen LogP contribution in [0.15, 0.2) is 35.4 Å². The van der Waals surface area contributed by atoms with Crippen LogP contribution >= 0.6 is 0 Å². The highest BCUT2D eigenvalue weighted by molar-refractivity contribution is 5.75. The fourth-order valence-corrected chi connectivity index (χ4v) is 1.98. The van der Waals surface area contributed by atoms with Crippen molar-refractivity contribution in [1.29, 1.82) is 0 Å². The van der Waals surface area contributed by atoms with E-state index in [1.165, 1.54) is 11.0 Å². The molecule has 106 valence electrons. The molecule has 0 aliphatic carbocycles. The van der Waals surface area contributed by atoms with Gasteiger partial charge in [-0.3, -0.25) is 9.59 Å². The van der Waals surface area contributed by atoms with Crippen molar-refractivity contribution < 1.29 is 9.90 Å². The molecule has 1 unspecified atom stereocenters. The van der Waals surface area contributed by atoms with Gasteiger partial charge in [-0.15, -0.1) is 5.10 Å². The fourth-order valence-electron chi connectivity index (χ4n) is 1.98. The van der Waals surface area contributed by atoms with E-state index in [0.29, 0.717) is 16.9 Å². The van der Waals surface area contributed by atoms with Crippen molar-refractivity contribution in [2.45, 2.75) is 12.8 Å². The molecule has 0 fully saturated rings. The number of aromatic nitrogens is 5. The maximum atomic E-state index is 11.6. The highest BCUT2D eigenvalue weighted by Crippen LogP contribution is 2.18. The Morgan fingerprint density at radius 1 is 1.33 bits per heavy atom. The summed E-state index contributed by atoms with van der Waals surface area (Å²) in [6, 6.07) is 6.83. The van der Waals surface area contributed by atoms with Crippen molar-refractivity contribution in [3.63, 3.8) is 0 Å². The highest BCUT2D eigenvalue weighted by atomic mass is 16.4. The molecule has 3 aromatic rings. The molecule has 0 spiro atoms. The van der Waals surface area contributed by atoms with E-state index in [0.717, 1.165) is 0 Å². The summed E-state index contributed by atoms with van der Waals surface area (Å²) >= 11 is 0. The zero-order chi connectivity index (χ0) is 15.0. The number of benzene rings is 1. The van der Waals surface area contributed by atoms with Crippen LogP contribution in [0.5, 0.6) is 0 Å². The van der Waals surface area contributed by atoms with Crippen LogP contribution in [0.3, 0.4) is 0 Å². The third-order valence-corrected chi connectivity index (χ3v) is 3.25. The monoisotopic (exact) mass is 285 g/mol. The van der Waals surface area contributed by atoms with Gasteiger partial charge in [0, 0.05) is 0 Å². The summed E-state index contributed by atoms with van der Waals surface area (Å²) in [7, 11) is 0. The topological polar surface area (TPSA) is 114 Å². The third kappa shape index (κ3) is 2.16. The molecule has 2 N–H and O–H groups in total. The Balaban J connectivity index is 2.06. The number of carboxylic acid groups (broad SMARTS) is 1. The van der Waals surface area contributed by atoms with Crippen LogP contribution in [0, 0.1) is 0 Å². The van der Waals surface area contributed by atoms with Crippen LogP contribution in [-0.2, 0) is 4.79 Å². The number of H-pyrrole nitrogens is 1. The fraction of sp³-hybridized carbons (Fsp3) is 0.154. The molecule has 1 aromatic carbocycles. The molecule has 0 saturated heterocycles. The standard InChI is InChI=1S/C13H11N5O3/c1-7(13(20)21)8-2-4-9(5-3-8)18-11-10(16-17-18)12(19)15-6-14-11/h2-7H,1H3,(H,20,21)(H,14,15,19). The Kier molecular flexibility index (Phi) is 2.98. The lowest BCUT2D eigenvalue weighted by atomic mass is 10.0. The van der Waals surface area contributed by atoms with Gasteiger partial charge < -0.3 is 10.1 Å². The van der Waals surface area contributed by atoms with Crippen LogP contribution in [0.2, 0.25) is 0 Å². The molecule has 8 heteroatoms. The van der Waals surface area contributed by atoms with E-state index in [9.17, 15) is 9.59 Å². The molecule has 0 saturated carbocycles. The lowest BCUT2D eigenvalue weighted by Crippen LogP contribution is -2.08. The number of rotatable bonds is 3. The number of aromatic amines is 1. The van der Waals surface area contributed by atoms with Gasteiger partial charge in [0.05, 0.1) is 17.9 Å². The highest BCUT2D eigenvalue weighted by Gasteiger charge is 2.14. The van der Waals surface area contributed by atoms with Crippen molar-refractivity contribution in [2.75, 3.05) is 0 Å². The molecule has 2 aromatic heterocycles. The summed E-state index contributed by atoms with van der Waals surface area (Å²) < 4.78 is 1.43. The van der Waals surface area contributed by atoms with Crippen molar-refractivity contribution >= 4 is 17.1 Å². The molecule has 2 heterocycles. The minimum absolute atomic E-state index is 0.153. The van der Waals surface area contributed by atoms with Crippen LogP contribution in [0.4, 0.5) is 0 Å². The van der Waals surface area contributed by atoms with Gasteiger partial charge in [-0.25, -0.2) is 4.98 Å². The minimum atomic E-state index is -0.887. The normalized spacial score (nSPS) is 12.4. The Bertz CT molecular complexity index is 865. The molecule has 1 atom stereocenters. The molecule has 8 nitrogen and oxygen atoms in total. The Morgan fingerprint density at radius 2 is 2.05 bits per heavy atom. The molecule has 0 aliphatic heterocycles. The second kappa shape index (κ2) is 4.82. The van der Waals surface area contributed by atoms with Gasteiger partial charge in [0.2, 0.25) is 0 Å². The number of fused-ring (bicyclic) bond motifs is 1. The maximum Gasteiger partial charge on any atom is 0.310 e. The molecule has 21 heavy (non-hydrogen) atoms. The van der Waals surface area contributed by atoms with Crippen LogP contribution in [0.1, 0.15) is 18.4 Å². The molecular weight excluding hydrogens is 274 g/mol. The van der Waals surface area contributed by atoms with Crippen molar-refractivity contribution in [2.24, 2.45) is 0 Å². The SMILES string of the molecule is CC(C(=O)O)c1ccc(-n2nnc3c(=O)[nH]cnc32)cc1. The van der Waals surface area contributed by atoms with E-state index in [4.69, 9.17) is 5.11 Å². The van der Waals surface area contributed by atoms with E-state index < -0.39 is 11.9 Å². The zero-order valence-electron chi connectivity index (χ0n) is 11.0. The second-order valence-electron chi connectivity index (χ2n) is 4.56. The Labute approximate surface area is 118 Å². The first-order chi connectivity index (χ1) is 10.1. The first-order valence-electron chi connectivity index (χ1n) is 6.20. The van der Waals surface area contributed by atoms with Crippen LogP contribution in [0.25, 0.3) is 16.9 Å². The third-order valence-electron chi connectivity index (χ3n) is 3.25. The molecule has 3 rings (SSSR count). The summed E-state index contributed by atoms with van der Waals surface area (Å²) in [6.45, 7) is 1.61. The average molecular weight is 285 g/mol. The van der Waals surface area contributed by atoms with E-state index in [1.54, 1.807) is 31.2 Å². The van der Waals surface area contributed by atoms with Gasteiger partial charge in [-0.05, 0) is 24.6 Å². The first kappa shape index (κ1) is 13.0. The lowest BCUT2D eigenvalue weighted by Gasteiger charge is -2.07. The summed E-state index contributed by atoms with van der Waals surface area (Å²) in [5, 5.41) is 16.7. The number of hydrogen-bond donors (Lipinski definition) is 2. The minimum Gasteiger partial charge on any atom is -0.481 e. The van der Waals surface area contributed by atoms with E-state index >= 15 is 0 Å². The lowest BCUT2D eigenvalue weighted by molar-refractivity contribution is -0.138. The van der Waals surface area contributed by atoms with Crippen LogP contribution < -0.4 is 5.56 Å². The van der Waals surface area contributed by atoms with Gasteiger partial charge in [0.25, 0.3) is 5.56 Å². The largest absolute Gasteiger partial charge is 0.481 e. The van der Waals surface area contributed by atoms with Gasteiger partial charge in [-0.1, -0.05) is 17.3 Å². The molecular formula is C13H11N5O3. The molecule has 0 aliphatic rings. The number of carbonyl (C=O) groups is 1. The van der Waals surface area contributed by atoms with Gasteiger partial charge in [-0.2, -0.15) is 4.68 Å². The van der Waals surface area contributed by atoms with E-state index in [2.05, 4.69) is 20.3 Å². The van der Waals surface area contributed by atoms with Gasteiger partial charge in [0.1, 0.15) is 0 Å². The Hall–Kier alpha value is -3.03. The zero-order valence-corrected chi connectivity index (χ0v) is 11.0.